The molecule has 1 aromatic carbocycles. The first-order valence-electron chi connectivity index (χ1n) is 8.32. The van der Waals surface area contributed by atoms with Crippen molar-refractivity contribution in [3.63, 3.8) is 0 Å². The number of amides is 2. The van der Waals surface area contributed by atoms with Crippen molar-refractivity contribution in [1.29, 1.82) is 0 Å². The standard InChI is InChI=1S/C18H25FN4O2/c1-4-11-25-17-6-5-15(19)12-16(17)21-18(24)20-14(2)13-23-9-7-22(3)8-10-23/h1,5-6,12,14H,7-11,13H2,2-3H3,(H2,20,21,24)/t14-/m0/s1. The maximum absolute atomic E-state index is 13.4. The lowest BCUT2D eigenvalue weighted by Gasteiger charge is -2.34. The van der Waals surface area contributed by atoms with E-state index in [1.165, 1.54) is 18.2 Å². The van der Waals surface area contributed by atoms with Crippen LogP contribution in [-0.4, -0.2) is 68.3 Å². The molecule has 0 bridgehead atoms. The van der Waals surface area contributed by atoms with Crippen LogP contribution in [0.1, 0.15) is 6.92 Å². The van der Waals surface area contributed by atoms with Crippen LogP contribution in [0.15, 0.2) is 18.2 Å². The molecule has 25 heavy (non-hydrogen) atoms. The lowest BCUT2D eigenvalue weighted by atomic mass is 10.2. The van der Waals surface area contributed by atoms with E-state index in [9.17, 15) is 9.18 Å². The van der Waals surface area contributed by atoms with Gasteiger partial charge in [0, 0.05) is 44.8 Å². The fourth-order valence-corrected chi connectivity index (χ4v) is 2.69. The average Bonchev–Trinajstić information content (AvgIpc) is 2.56. The number of likely N-dealkylation sites (N-methyl/N-ethyl adjacent to an activating group) is 1. The number of nitrogens with one attached hydrogen (secondary N) is 2. The van der Waals surface area contributed by atoms with Crippen molar-refractivity contribution < 1.29 is 13.9 Å². The molecule has 0 aromatic heterocycles. The highest BCUT2D eigenvalue weighted by atomic mass is 19.1. The minimum atomic E-state index is -0.464. The second-order valence-electron chi connectivity index (χ2n) is 6.24. The summed E-state index contributed by atoms with van der Waals surface area (Å²) in [4.78, 5) is 16.8. The number of hydrogen-bond acceptors (Lipinski definition) is 4. The largest absolute Gasteiger partial charge is 0.479 e. The van der Waals surface area contributed by atoms with E-state index in [0.717, 1.165) is 32.7 Å². The van der Waals surface area contributed by atoms with E-state index in [2.05, 4.69) is 33.4 Å². The van der Waals surface area contributed by atoms with Crippen molar-refractivity contribution in [3.05, 3.63) is 24.0 Å². The van der Waals surface area contributed by atoms with E-state index >= 15 is 0 Å². The fourth-order valence-electron chi connectivity index (χ4n) is 2.69. The molecule has 7 heteroatoms. The summed E-state index contributed by atoms with van der Waals surface area (Å²) < 4.78 is 18.8. The number of anilines is 1. The Kier molecular flexibility index (Phi) is 7.04. The zero-order valence-electron chi connectivity index (χ0n) is 14.7. The predicted octanol–water partition coefficient (Wildman–Crippen LogP) is 1.60. The first-order chi connectivity index (χ1) is 12.0. The molecular formula is C18H25FN4O2. The van der Waals surface area contributed by atoms with E-state index in [1.807, 2.05) is 6.92 Å². The summed E-state index contributed by atoms with van der Waals surface area (Å²) in [7, 11) is 2.10. The number of ether oxygens (including phenoxy) is 1. The van der Waals surface area contributed by atoms with Gasteiger partial charge in [0.15, 0.2) is 0 Å². The molecule has 1 aliphatic heterocycles. The van der Waals surface area contributed by atoms with Crippen LogP contribution in [-0.2, 0) is 0 Å². The highest BCUT2D eigenvalue weighted by molar-refractivity contribution is 5.91. The Balaban J connectivity index is 1.87. The molecule has 1 aromatic rings. The van der Waals surface area contributed by atoms with Crippen molar-refractivity contribution in [2.24, 2.45) is 0 Å². The van der Waals surface area contributed by atoms with E-state index in [4.69, 9.17) is 11.2 Å². The zero-order valence-corrected chi connectivity index (χ0v) is 14.7. The van der Waals surface area contributed by atoms with Crippen LogP contribution in [0.3, 0.4) is 0 Å². The lowest BCUT2D eigenvalue weighted by molar-refractivity contribution is 0.145. The van der Waals surface area contributed by atoms with E-state index < -0.39 is 11.8 Å². The monoisotopic (exact) mass is 348 g/mol. The highest BCUT2D eigenvalue weighted by Gasteiger charge is 2.17. The van der Waals surface area contributed by atoms with Gasteiger partial charge in [0.1, 0.15) is 18.2 Å². The summed E-state index contributed by atoms with van der Waals surface area (Å²) in [6.45, 7) is 6.78. The van der Waals surface area contributed by atoms with Crippen molar-refractivity contribution >= 4 is 11.7 Å². The Morgan fingerprint density at radius 1 is 1.40 bits per heavy atom. The molecule has 2 rings (SSSR count). The summed E-state index contributed by atoms with van der Waals surface area (Å²) in [5, 5.41) is 5.49. The molecule has 2 N–H and O–H groups in total. The second kappa shape index (κ2) is 9.25. The summed E-state index contributed by atoms with van der Waals surface area (Å²) in [5.74, 6) is 2.21. The number of hydrogen-bond donors (Lipinski definition) is 2. The van der Waals surface area contributed by atoms with Gasteiger partial charge in [-0.25, -0.2) is 9.18 Å². The van der Waals surface area contributed by atoms with Gasteiger partial charge >= 0.3 is 6.03 Å². The lowest BCUT2D eigenvalue weighted by Crippen LogP contribution is -2.50. The number of benzene rings is 1. The highest BCUT2D eigenvalue weighted by Crippen LogP contribution is 2.25. The number of urea groups is 1. The number of nitrogens with zero attached hydrogens (tertiary/aromatic N) is 2. The summed E-state index contributed by atoms with van der Waals surface area (Å²) in [5.41, 5.74) is 0.250. The molecule has 0 unspecified atom stereocenters. The van der Waals surface area contributed by atoms with Crippen LogP contribution in [0.4, 0.5) is 14.9 Å². The number of terminal acetylenes is 1. The fraction of sp³-hybridized carbons (Fsp3) is 0.500. The molecule has 0 aliphatic carbocycles. The summed E-state index contributed by atoms with van der Waals surface area (Å²) >= 11 is 0. The quantitative estimate of drug-likeness (QED) is 0.767. The van der Waals surface area contributed by atoms with Crippen molar-refractivity contribution in [2.45, 2.75) is 13.0 Å². The van der Waals surface area contributed by atoms with Gasteiger partial charge < -0.3 is 20.3 Å². The Morgan fingerprint density at radius 3 is 2.80 bits per heavy atom. The van der Waals surface area contributed by atoms with Crippen LogP contribution in [0.25, 0.3) is 0 Å². The van der Waals surface area contributed by atoms with E-state index in [1.54, 1.807) is 0 Å². The number of carbonyl (C=O) groups excluding carboxylic acids is 1. The van der Waals surface area contributed by atoms with Gasteiger partial charge in [-0.1, -0.05) is 5.92 Å². The minimum absolute atomic E-state index is 0.0351. The SMILES string of the molecule is C#CCOc1ccc(F)cc1NC(=O)N[C@@H](C)CN1CCN(C)CC1. The van der Waals surface area contributed by atoms with Gasteiger partial charge in [-0.15, -0.1) is 6.42 Å². The maximum atomic E-state index is 13.4. The molecule has 1 fully saturated rings. The molecule has 136 valence electrons. The maximum Gasteiger partial charge on any atom is 0.319 e. The molecule has 1 heterocycles. The third-order valence-electron chi connectivity index (χ3n) is 4.01. The predicted molar refractivity (Wildman–Crippen MR) is 96.3 cm³/mol. The first-order valence-corrected chi connectivity index (χ1v) is 8.32. The third kappa shape index (κ3) is 6.25. The Labute approximate surface area is 148 Å². The molecule has 2 amide bonds. The van der Waals surface area contributed by atoms with Crippen molar-refractivity contribution in [1.82, 2.24) is 15.1 Å². The molecule has 0 saturated carbocycles. The van der Waals surface area contributed by atoms with Gasteiger partial charge in [0.05, 0.1) is 5.69 Å². The number of rotatable bonds is 6. The number of carbonyl (C=O) groups is 1. The van der Waals surface area contributed by atoms with Crippen molar-refractivity contribution in [3.8, 4) is 18.1 Å². The third-order valence-corrected chi connectivity index (χ3v) is 4.01. The van der Waals surface area contributed by atoms with Crippen LogP contribution in [0, 0.1) is 18.2 Å². The average molecular weight is 348 g/mol. The Hall–Kier alpha value is -2.30. The Morgan fingerprint density at radius 2 is 2.12 bits per heavy atom. The van der Waals surface area contributed by atoms with Gasteiger partial charge in [-0.2, -0.15) is 0 Å². The molecule has 1 aliphatic rings. The summed E-state index contributed by atoms with van der Waals surface area (Å²) in [6, 6.07) is 3.46. The summed E-state index contributed by atoms with van der Waals surface area (Å²) in [6.07, 6.45) is 5.16. The first kappa shape index (κ1) is 19.0. The van der Waals surface area contributed by atoms with Gasteiger partial charge in [0.2, 0.25) is 0 Å². The van der Waals surface area contributed by atoms with E-state index in [0.29, 0.717) is 5.75 Å². The van der Waals surface area contributed by atoms with Gasteiger partial charge in [-0.3, -0.25) is 4.90 Å². The van der Waals surface area contributed by atoms with Crippen LogP contribution < -0.4 is 15.4 Å². The molecular weight excluding hydrogens is 323 g/mol. The van der Waals surface area contributed by atoms with Gasteiger partial charge in [0.25, 0.3) is 0 Å². The van der Waals surface area contributed by atoms with Crippen molar-refractivity contribution in [2.75, 3.05) is 51.7 Å². The Bertz CT molecular complexity index is 624. The topological polar surface area (TPSA) is 56.8 Å². The normalized spacial score (nSPS) is 16.7. The molecule has 6 nitrogen and oxygen atoms in total. The minimum Gasteiger partial charge on any atom is -0.479 e. The molecule has 0 radical (unpaired) electrons. The molecule has 1 saturated heterocycles. The zero-order chi connectivity index (χ0) is 18.2. The second-order valence-corrected chi connectivity index (χ2v) is 6.24. The molecule has 1 atom stereocenters. The van der Waals surface area contributed by atoms with Crippen LogP contribution in [0.5, 0.6) is 5.75 Å². The van der Waals surface area contributed by atoms with Crippen LogP contribution in [0.2, 0.25) is 0 Å². The number of halogens is 1. The number of piperazine rings is 1. The van der Waals surface area contributed by atoms with Gasteiger partial charge in [-0.05, 0) is 26.1 Å². The smallest absolute Gasteiger partial charge is 0.319 e. The van der Waals surface area contributed by atoms with Crippen LogP contribution >= 0.6 is 0 Å². The van der Waals surface area contributed by atoms with E-state index in [-0.39, 0.29) is 18.3 Å². The molecule has 0 spiro atoms.